The van der Waals surface area contributed by atoms with E-state index in [2.05, 4.69) is 5.32 Å². The molecule has 1 fully saturated rings. The Morgan fingerprint density at radius 3 is 2.79 bits per heavy atom. The van der Waals surface area contributed by atoms with Crippen LogP contribution in [0.15, 0.2) is 17.5 Å². The van der Waals surface area contributed by atoms with E-state index in [1.54, 1.807) is 11.3 Å². The summed E-state index contributed by atoms with van der Waals surface area (Å²) in [5, 5.41) is 14.0. The highest BCUT2D eigenvalue weighted by atomic mass is 32.1. The summed E-state index contributed by atoms with van der Waals surface area (Å²) in [4.78, 5) is 24.4. The Hall–Kier alpha value is -1.36. The normalized spacial score (nSPS) is 26.3. The summed E-state index contributed by atoms with van der Waals surface area (Å²) in [6.45, 7) is 2.59. The second kappa shape index (κ2) is 6.19. The summed E-state index contributed by atoms with van der Waals surface area (Å²) in [6, 6.07) is 4.02. The molecule has 1 aromatic rings. The number of rotatable bonds is 5. The largest absolute Gasteiger partial charge is 0.481 e. The summed E-state index contributed by atoms with van der Waals surface area (Å²) >= 11 is 1.67. The Morgan fingerprint density at radius 1 is 1.42 bits per heavy atom. The predicted octanol–water partition coefficient (Wildman–Crippen LogP) is 2.15. The number of hydrogen-bond donors (Lipinski definition) is 2. The zero-order valence-corrected chi connectivity index (χ0v) is 11.8. The van der Waals surface area contributed by atoms with Crippen molar-refractivity contribution in [2.75, 3.05) is 6.54 Å². The van der Waals surface area contributed by atoms with Crippen molar-refractivity contribution < 1.29 is 14.7 Å². The van der Waals surface area contributed by atoms with E-state index in [4.69, 9.17) is 5.11 Å². The summed E-state index contributed by atoms with van der Waals surface area (Å²) in [6.07, 6.45) is 2.10. The number of carbonyl (C=O) groups excluding carboxylic acids is 1. The van der Waals surface area contributed by atoms with Crippen molar-refractivity contribution in [2.45, 2.75) is 26.2 Å². The molecule has 1 heterocycles. The van der Waals surface area contributed by atoms with Crippen molar-refractivity contribution in [3.05, 3.63) is 22.4 Å². The maximum atomic E-state index is 12.1. The second-order valence-electron chi connectivity index (χ2n) is 5.25. The van der Waals surface area contributed by atoms with Crippen LogP contribution in [0.4, 0.5) is 0 Å². The van der Waals surface area contributed by atoms with Gasteiger partial charge in [-0.1, -0.05) is 13.0 Å². The quantitative estimate of drug-likeness (QED) is 0.869. The molecule has 0 aliphatic heterocycles. The molecule has 19 heavy (non-hydrogen) atoms. The number of amides is 1. The van der Waals surface area contributed by atoms with Crippen LogP contribution < -0.4 is 5.32 Å². The van der Waals surface area contributed by atoms with Gasteiger partial charge in [-0.2, -0.15) is 0 Å². The summed E-state index contributed by atoms with van der Waals surface area (Å²) in [5.41, 5.74) is 0. The highest BCUT2D eigenvalue weighted by Gasteiger charge is 2.40. The fourth-order valence-electron chi connectivity index (χ4n) is 2.75. The van der Waals surface area contributed by atoms with E-state index in [9.17, 15) is 9.59 Å². The molecule has 1 saturated carbocycles. The standard InChI is InChI=1S/C14H19NO3S/c1-9-7-11(12(8-9)14(17)18)13(16)15-5-4-10-3-2-6-19-10/h2-3,6,9,11-12H,4-5,7-8H2,1H3,(H,15,16)(H,17,18)/t9?,11-,12+/m0/s1. The van der Waals surface area contributed by atoms with Gasteiger partial charge >= 0.3 is 5.97 Å². The lowest BCUT2D eigenvalue weighted by Crippen LogP contribution is -2.36. The van der Waals surface area contributed by atoms with Gasteiger partial charge < -0.3 is 10.4 Å². The minimum atomic E-state index is -0.845. The first-order valence-electron chi connectivity index (χ1n) is 6.61. The van der Waals surface area contributed by atoms with Crippen LogP contribution >= 0.6 is 11.3 Å². The topological polar surface area (TPSA) is 66.4 Å². The van der Waals surface area contributed by atoms with E-state index in [0.717, 1.165) is 6.42 Å². The fraction of sp³-hybridized carbons (Fsp3) is 0.571. The van der Waals surface area contributed by atoms with Crippen molar-refractivity contribution in [3.8, 4) is 0 Å². The van der Waals surface area contributed by atoms with E-state index in [0.29, 0.717) is 25.3 Å². The van der Waals surface area contributed by atoms with Crippen molar-refractivity contribution in [1.82, 2.24) is 5.32 Å². The summed E-state index contributed by atoms with van der Waals surface area (Å²) in [7, 11) is 0. The van der Waals surface area contributed by atoms with E-state index in [-0.39, 0.29) is 11.8 Å². The Labute approximate surface area is 116 Å². The number of carbonyl (C=O) groups is 2. The molecule has 2 N–H and O–H groups in total. The van der Waals surface area contributed by atoms with Gasteiger partial charge in [-0.3, -0.25) is 9.59 Å². The first kappa shape index (κ1) is 14.1. The number of hydrogen-bond acceptors (Lipinski definition) is 3. The van der Waals surface area contributed by atoms with Crippen molar-refractivity contribution in [1.29, 1.82) is 0 Å². The second-order valence-corrected chi connectivity index (χ2v) is 6.28. The molecule has 2 rings (SSSR count). The third kappa shape index (κ3) is 3.56. The van der Waals surface area contributed by atoms with Crippen LogP contribution in [-0.4, -0.2) is 23.5 Å². The predicted molar refractivity (Wildman–Crippen MR) is 74.0 cm³/mol. The van der Waals surface area contributed by atoms with E-state index >= 15 is 0 Å². The third-order valence-electron chi connectivity index (χ3n) is 3.70. The number of carboxylic acid groups (broad SMARTS) is 1. The zero-order chi connectivity index (χ0) is 13.8. The molecule has 0 bridgehead atoms. The molecule has 4 nitrogen and oxygen atoms in total. The van der Waals surface area contributed by atoms with Gasteiger partial charge in [0.25, 0.3) is 0 Å². The number of thiophene rings is 1. The third-order valence-corrected chi connectivity index (χ3v) is 4.64. The van der Waals surface area contributed by atoms with Crippen LogP contribution in [0.2, 0.25) is 0 Å². The Bertz CT molecular complexity index is 444. The summed E-state index contributed by atoms with van der Waals surface area (Å²) in [5.74, 6) is -1.52. The molecule has 1 aromatic heterocycles. The average molecular weight is 281 g/mol. The monoisotopic (exact) mass is 281 g/mol. The van der Waals surface area contributed by atoms with E-state index in [1.807, 2.05) is 24.4 Å². The minimum Gasteiger partial charge on any atom is -0.481 e. The molecule has 0 saturated heterocycles. The number of nitrogens with one attached hydrogen (secondary N) is 1. The van der Waals surface area contributed by atoms with Gasteiger partial charge in [0.15, 0.2) is 0 Å². The van der Waals surface area contributed by atoms with Gasteiger partial charge in [-0.25, -0.2) is 0 Å². The van der Waals surface area contributed by atoms with E-state index < -0.39 is 11.9 Å². The maximum Gasteiger partial charge on any atom is 0.307 e. The van der Waals surface area contributed by atoms with Crippen molar-refractivity contribution >= 4 is 23.2 Å². The lowest BCUT2D eigenvalue weighted by molar-refractivity contribution is -0.146. The Morgan fingerprint density at radius 2 is 2.16 bits per heavy atom. The van der Waals surface area contributed by atoms with Gasteiger partial charge in [-0.15, -0.1) is 11.3 Å². The molecule has 1 unspecified atom stereocenters. The van der Waals surface area contributed by atoms with Gasteiger partial charge in [0.1, 0.15) is 0 Å². The Balaban J connectivity index is 1.83. The smallest absolute Gasteiger partial charge is 0.307 e. The Kier molecular flexibility index (Phi) is 4.58. The first-order chi connectivity index (χ1) is 9.08. The molecule has 1 aliphatic rings. The molecule has 104 valence electrons. The van der Waals surface area contributed by atoms with Crippen LogP contribution in [0, 0.1) is 17.8 Å². The lowest BCUT2D eigenvalue weighted by Gasteiger charge is -2.15. The van der Waals surface area contributed by atoms with E-state index in [1.165, 1.54) is 4.88 Å². The van der Waals surface area contributed by atoms with Gasteiger partial charge in [-0.05, 0) is 36.6 Å². The highest BCUT2D eigenvalue weighted by molar-refractivity contribution is 7.09. The molecule has 5 heteroatoms. The van der Waals surface area contributed by atoms with Crippen molar-refractivity contribution in [3.63, 3.8) is 0 Å². The fourth-order valence-corrected chi connectivity index (χ4v) is 3.46. The SMILES string of the molecule is CC1C[C@H](C(=O)NCCc2cccs2)[C@H](C(=O)O)C1. The lowest BCUT2D eigenvalue weighted by atomic mass is 9.95. The van der Waals surface area contributed by atoms with Crippen LogP contribution in [0.1, 0.15) is 24.6 Å². The number of aliphatic carboxylic acids is 1. The summed E-state index contributed by atoms with van der Waals surface area (Å²) < 4.78 is 0. The zero-order valence-electron chi connectivity index (χ0n) is 11.0. The molecular weight excluding hydrogens is 262 g/mol. The molecule has 1 amide bonds. The van der Waals surface area contributed by atoms with Crippen LogP contribution in [0.3, 0.4) is 0 Å². The molecule has 0 radical (unpaired) electrons. The van der Waals surface area contributed by atoms with Crippen LogP contribution in [0.25, 0.3) is 0 Å². The van der Waals surface area contributed by atoms with Gasteiger partial charge in [0.2, 0.25) is 5.91 Å². The maximum absolute atomic E-state index is 12.1. The first-order valence-corrected chi connectivity index (χ1v) is 7.48. The highest BCUT2D eigenvalue weighted by Crippen LogP contribution is 2.36. The van der Waals surface area contributed by atoms with Gasteiger partial charge in [0.05, 0.1) is 11.8 Å². The molecule has 1 aliphatic carbocycles. The molecular formula is C14H19NO3S. The molecule has 3 atom stereocenters. The van der Waals surface area contributed by atoms with Crippen LogP contribution in [-0.2, 0) is 16.0 Å². The molecule has 0 spiro atoms. The number of carboxylic acids is 1. The minimum absolute atomic E-state index is 0.103. The van der Waals surface area contributed by atoms with Gasteiger partial charge in [0, 0.05) is 11.4 Å². The average Bonchev–Trinajstić information content (AvgIpc) is 2.98. The van der Waals surface area contributed by atoms with Crippen LogP contribution in [0.5, 0.6) is 0 Å². The molecule has 0 aromatic carbocycles. The van der Waals surface area contributed by atoms with Crippen molar-refractivity contribution in [2.24, 2.45) is 17.8 Å².